The lowest BCUT2D eigenvalue weighted by atomic mass is 10.1. The van der Waals surface area contributed by atoms with E-state index in [-0.39, 0.29) is 25.4 Å². The minimum absolute atomic E-state index is 0.0131. The van der Waals surface area contributed by atoms with Crippen molar-refractivity contribution in [2.75, 3.05) is 40.0 Å². The Labute approximate surface area is 243 Å². The molecule has 2 heterocycles. The topological polar surface area (TPSA) is 147 Å². The van der Waals surface area contributed by atoms with Gasteiger partial charge in [0.2, 0.25) is 6.93 Å². The van der Waals surface area contributed by atoms with Gasteiger partial charge in [-0.2, -0.15) is 4.98 Å². The highest BCUT2D eigenvalue weighted by atomic mass is 31.2. The average molecular weight is 619 g/mol. The maximum Gasteiger partial charge on any atom is 0.351 e. The number of ether oxygens (including phenoxy) is 2. The average Bonchev–Trinajstić information content (AvgIpc) is 3.36. The number of hydrogen-bond donors (Lipinski definition) is 3. The van der Waals surface area contributed by atoms with Crippen molar-refractivity contribution < 1.29 is 41.6 Å². The van der Waals surface area contributed by atoms with Crippen LogP contribution in [0.3, 0.4) is 0 Å². The first-order chi connectivity index (χ1) is 20.2. The van der Waals surface area contributed by atoms with E-state index in [1.165, 1.54) is 12.3 Å². The summed E-state index contributed by atoms with van der Waals surface area (Å²) in [5.41, 5.74) is 4.79. The first-order valence-corrected chi connectivity index (χ1v) is 13.9. The van der Waals surface area contributed by atoms with Gasteiger partial charge in [-0.1, -0.05) is 30.3 Å². The molecule has 1 saturated heterocycles. The molecule has 1 fully saturated rings. The lowest BCUT2D eigenvalue weighted by Gasteiger charge is -2.20. The molecule has 0 bridgehead atoms. The fraction of sp³-hybridized carbons (Fsp3) is 0.444. The summed E-state index contributed by atoms with van der Waals surface area (Å²) in [6.45, 7) is 2.30. The summed E-state index contributed by atoms with van der Waals surface area (Å²) < 4.78 is 57.0. The Morgan fingerprint density at radius 2 is 1.86 bits per heavy atom. The summed E-state index contributed by atoms with van der Waals surface area (Å²) in [6, 6.07) is 14.8. The predicted molar refractivity (Wildman–Crippen MR) is 155 cm³/mol. The summed E-state index contributed by atoms with van der Waals surface area (Å²) in [7, 11) is 1.01. The van der Waals surface area contributed by atoms with E-state index in [4.69, 9.17) is 29.4 Å². The molecule has 0 saturated carbocycles. The van der Waals surface area contributed by atoms with Gasteiger partial charge in [-0.05, 0) is 42.8 Å². The Kier molecular flexibility index (Phi) is 18.2. The third-order valence-electron chi connectivity index (χ3n) is 5.32. The number of alkyl halides is 3. The van der Waals surface area contributed by atoms with Crippen molar-refractivity contribution in [2.45, 2.75) is 44.9 Å². The first-order valence-electron chi connectivity index (χ1n) is 12.7. The molecule has 234 valence electrons. The van der Waals surface area contributed by atoms with E-state index in [1.54, 1.807) is 7.11 Å². The number of carbonyl (C=O) groups is 1. The molecular formula is C27H38F3N4O7P. The molecule has 1 aliphatic rings. The van der Waals surface area contributed by atoms with E-state index < -0.39 is 39.6 Å². The Bertz CT molecular complexity index is 1240. The molecule has 1 aliphatic heterocycles. The normalized spacial score (nSPS) is 18.1. The van der Waals surface area contributed by atoms with E-state index in [2.05, 4.69) is 10.1 Å². The van der Waals surface area contributed by atoms with Gasteiger partial charge >= 0.3 is 14.2 Å². The zero-order valence-electron chi connectivity index (χ0n) is 23.9. The number of benzene rings is 2. The highest BCUT2D eigenvalue weighted by Crippen LogP contribution is 2.38. The number of rotatable bonds is 10. The Morgan fingerprint density at radius 3 is 2.45 bits per heavy atom. The molecule has 11 nitrogen and oxygen atoms in total. The van der Waals surface area contributed by atoms with Gasteiger partial charge in [0.1, 0.15) is 24.0 Å². The van der Waals surface area contributed by atoms with Crippen LogP contribution in [0.25, 0.3) is 10.8 Å². The summed E-state index contributed by atoms with van der Waals surface area (Å²) in [5, 5.41) is 12.0. The van der Waals surface area contributed by atoms with Crippen molar-refractivity contribution in [1.29, 1.82) is 0 Å². The van der Waals surface area contributed by atoms with Crippen molar-refractivity contribution >= 4 is 31.4 Å². The molecule has 4 atom stereocenters. The van der Waals surface area contributed by atoms with Crippen LogP contribution in [0.1, 0.15) is 26.5 Å². The second-order valence-electron chi connectivity index (χ2n) is 8.51. The zero-order valence-corrected chi connectivity index (χ0v) is 24.8. The highest BCUT2D eigenvalue weighted by Gasteiger charge is 2.38. The zero-order chi connectivity index (χ0) is 31.5. The van der Waals surface area contributed by atoms with Gasteiger partial charge < -0.3 is 34.2 Å². The number of carbonyl (C=O) groups excluding carboxylic acids is 1. The van der Waals surface area contributed by atoms with Crippen LogP contribution in [0.5, 0.6) is 5.75 Å². The molecular weight excluding hydrogens is 580 g/mol. The number of aldehydes is 1. The lowest BCUT2D eigenvalue weighted by molar-refractivity contribution is -0.106. The van der Waals surface area contributed by atoms with Gasteiger partial charge in [-0.15, -0.1) is 0 Å². The number of hydrogen-bond acceptors (Lipinski definition) is 10. The van der Waals surface area contributed by atoms with Gasteiger partial charge in [0.05, 0.1) is 25.4 Å². The summed E-state index contributed by atoms with van der Waals surface area (Å²) >= 11 is 0. The Hall–Kier alpha value is -3.13. The Morgan fingerprint density at radius 1 is 1.21 bits per heavy atom. The molecule has 0 amide bonds. The quantitative estimate of drug-likeness (QED) is 0.223. The van der Waals surface area contributed by atoms with Gasteiger partial charge in [0.15, 0.2) is 6.23 Å². The van der Waals surface area contributed by atoms with Gasteiger partial charge in [0.25, 0.3) is 0 Å². The number of nitrogens with one attached hydrogen (secondary N) is 1. The van der Waals surface area contributed by atoms with Crippen LogP contribution >= 0.6 is 8.53 Å². The third kappa shape index (κ3) is 12.8. The molecule has 4 N–H and O–H groups in total. The first kappa shape index (κ1) is 36.9. The van der Waals surface area contributed by atoms with Crippen molar-refractivity contribution in [3.8, 4) is 5.75 Å². The number of nitrogen functional groups attached to an aromatic ring is 1. The van der Waals surface area contributed by atoms with Crippen LogP contribution in [-0.4, -0.2) is 73.6 Å². The van der Waals surface area contributed by atoms with E-state index in [9.17, 15) is 22.8 Å². The van der Waals surface area contributed by atoms with Crippen LogP contribution < -0.4 is 21.0 Å². The number of nitrogens with zero attached hydrogens (tertiary/aromatic N) is 2. The van der Waals surface area contributed by atoms with Crippen LogP contribution in [0, 0.1) is 0 Å². The molecule has 3 aromatic rings. The number of fused-ring (bicyclic) bond motifs is 1. The summed E-state index contributed by atoms with van der Waals surface area (Å²) in [6.07, 6.45) is -0.663. The largest absolute Gasteiger partial charge is 0.436 e. The Balaban J connectivity index is 0.000000774. The monoisotopic (exact) mass is 618 g/mol. The van der Waals surface area contributed by atoms with E-state index in [1.807, 2.05) is 56.3 Å². The fourth-order valence-electron chi connectivity index (χ4n) is 3.36. The standard InChI is InChI=1S/C21H22FN4O5P.C4H10O.CH2F2.CH4O/c22-18-12-17(30-20(18)26-9-7-19(23)25-21(26)28)13-29-32(24-8-10-27)31-16-6-5-14-3-1-2-4-15(14)11-16;1-4(2)5-3;2-1-3;1-2/h1-7,9-11,17-18,20,24H,8,12-13H2,(H2,23,25,28);4H,1-3H3;1H2;2H,1H3. The van der Waals surface area contributed by atoms with Crippen molar-refractivity contribution in [1.82, 2.24) is 14.6 Å². The number of aromatic nitrogens is 2. The molecule has 4 rings (SSSR count). The van der Waals surface area contributed by atoms with Gasteiger partial charge in [-0.3, -0.25) is 4.57 Å². The number of halogens is 3. The van der Waals surface area contributed by atoms with Crippen LogP contribution in [-0.2, 0) is 18.8 Å². The molecule has 0 aliphatic carbocycles. The summed E-state index contributed by atoms with van der Waals surface area (Å²) in [5.74, 6) is 0.624. The maximum absolute atomic E-state index is 14.5. The molecule has 1 aromatic heterocycles. The fourth-order valence-corrected chi connectivity index (χ4v) is 4.40. The minimum atomic E-state index is -1.75. The minimum Gasteiger partial charge on any atom is -0.436 e. The molecule has 15 heteroatoms. The lowest BCUT2D eigenvalue weighted by Crippen LogP contribution is -2.30. The van der Waals surface area contributed by atoms with E-state index in [0.717, 1.165) is 22.4 Å². The summed E-state index contributed by atoms with van der Waals surface area (Å²) in [4.78, 5) is 26.4. The third-order valence-corrected chi connectivity index (χ3v) is 6.52. The molecule has 0 spiro atoms. The van der Waals surface area contributed by atoms with Gasteiger partial charge in [0, 0.05) is 26.8 Å². The van der Waals surface area contributed by atoms with Gasteiger partial charge in [-0.25, -0.2) is 23.1 Å². The van der Waals surface area contributed by atoms with Crippen LogP contribution in [0.15, 0.2) is 59.5 Å². The number of nitrogens with two attached hydrogens (primary N) is 1. The smallest absolute Gasteiger partial charge is 0.351 e. The van der Waals surface area contributed by atoms with Crippen molar-refractivity contribution in [3.05, 3.63) is 65.2 Å². The SMILES string of the molecule is CO.COC(C)C.FCF.Nc1ccn(C2OC(COP(NCC=O)Oc3ccc4ccccc4c3)CC2F)c(=O)n1. The van der Waals surface area contributed by atoms with Crippen molar-refractivity contribution in [2.24, 2.45) is 0 Å². The number of anilines is 1. The van der Waals surface area contributed by atoms with E-state index >= 15 is 0 Å². The van der Waals surface area contributed by atoms with Crippen LogP contribution in [0.2, 0.25) is 0 Å². The van der Waals surface area contributed by atoms with E-state index in [0.29, 0.717) is 18.1 Å². The number of methoxy groups -OCH3 is 1. The van der Waals surface area contributed by atoms with Crippen LogP contribution in [0.4, 0.5) is 19.0 Å². The molecule has 4 unspecified atom stereocenters. The maximum atomic E-state index is 14.5. The second kappa shape index (κ2) is 20.7. The second-order valence-corrected chi connectivity index (χ2v) is 9.78. The highest BCUT2D eigenvalue weighted by molar-refractivity contribution is 7.45. The number of aliphatic hydroxyl groups excluding tert-OH is 1. The molecule has 42 heavy (non-hydrogen) atoms. The molecule has 2 aromatic carbocycles. The predicted octanol–water partition coefficient (Wildman–Crippen LogP) is 4.25. The number of aliphatic hydroxyl groups is 1. The van der Waals surface area contributed by atoms with Crippen molar-refractivity contribution in [3.63, 3.8) is 0 Å². The molecule has 0 radical (unpaired) electrons.